The number of ether oxygens (including phenoxy) is 2. The highest BCUT2D eigenvalue weighted by molar-refractivity contribution is 7.93. The number of amides is 1. The van der Waals surface area contributed by atoms with E-state index in [1.165, 1.54) is 7.11 Å². The van der Waals surface area contributed by atoms with Crippen molar-refractivity contribution in [2.45, 2.75) is 31.0 Å². The summed E-state index contributed by atoms with van der Waals surface area (Å²) in [6, 6.07) is 13.3. The van der Waals surface area contributed by atoms with Gasteiger partial charge in [-0.1, -0.05) is 12.1 Å². The summed E-state index contributed by atoms with van der Waals surface area (Å²) in [5.41, 5.74) is 0.379. The van der Waals surface area contributed by atoms with E-state index in [4.69, 9.17) is 9.47 Å². The average Bonchev–Trinajstić information content (AvgIpc) is 2.81. The van der Waals surface area contributed by atoms with Gasteiger partial charge in [-0.2, -0.15) is 0 Å². The first-order valence-corrected chi connectivity index (χ1v) is 12.2. The van der Waals surface area contributed by atoms with E-state index < -0.39 is 10.0 Å². The smallest absolute Gasteiger partial charge is 0.265 e. The third kappa shape index (κ3) is 4.79. The van der Waals surface area contributed by atoms with Gasteiger partial charge in [0.05, 0.1) is 29.9 Å². The minimum atomic E-state index is -4.08. The van der Waals surface area contributed by atoms with E-state index in [2.05, 4.69) is 4.98 Å². The molecule has 2 heterocycles. The Morgan fingerprint density at radius 1 is 1.12 bits per heavy atom. The van der Waals surface area contributed by atoms with Crippen LogP contribution in [0.1, 0.15) is 13.8 Å². The molecule has 2 unspecified atom stereocenters. The fraction of sp³-hybridized carbons (Fsp3) is 0.333. The van der Waals surface area contributed by atoms with E-state index in [-0.39, 0.29) is 29.6 Å². The van der Waals surface area contributed by atoms with Crippen molar-refractivity contribution in [3.8, 4) is 5.75 Å². The Morgan fingerprint density at radius 3 is 2.48 bits per heavy atom. The van der Waals surface area contributed by atoms with E-state index in [1.54, 1.807) is 65.8 Å². The zero-order chi connectivity index (χ0) is 23.6. The number of anilines is 1. The summed E-state index contributed by atoms with van der Waals surface area (Å²) < 4.78 is 39.9. The lowest BCUT2D eigenvalue weighted by molar-refractivity contribution is -0.141. The summed E-state index contributed by atoms with van der Waals surface area (Å²) in [4.78, 5) is 19.1. The Balaban J connectivity index is 1.75. The average molecular weight is 470 g/mol. The van der Waals surface area contributed by atoms with Crippen LogP contribution in [0.15, 0.2) is 65.8 Å². The number of carbonyl (C=O) groups is 1. The first-order chi connectivity index (χ1) is 15.8. The highest BCUT2D eigenvalue weighted by Crippen LogP contribution is 2.30. The Bertz CT molecular complexity index is 1230. The second-order valence-electron chi connectivity index (χ2n) is 8.12. The predicted octanol–water partition coefficient (Wildman–Crippen LogP) is 3.07. The molecular formula is C24H27N3O5S. The molecule has 1 fully saturated rings. The molecule has 2 atom stereocenters. The molecule has 0 aliphatic carbocycles. The SMILES string of the molecule is COc1ccc(N(CC(=O)N2CC(C)OC(C)C2)S(=O)(=O)c2cccc3cnccc23)cc1. The summed E-state index contributed by atoms with van der Waals surface area (Å²) in [7, 11) is -2.54. The van der Waals surface area contributed by atoms with Crippen molar-refractivity contribution < 1.29 is 22.7 Å². The number of hydrogen-bond donors (Lipinski definition) is 0. The van der Waals surface area contributed by atoms with Crippen molar-refractivity contribution in [1.29, 1.82) is 0 Å². The van der Waals surface area contributed by atoms with Crippen molar-refractivity contribution in [3.63, 3.8) is 0 Å². The highest BCUT2D eigenvalue weighted by Gasteiger charge is 2.32. The molecule has 1 aliphatic heterocycles. The molecule has 9 heteroatoms. The summed E-state index contributed by atoms with van der Waals surface area (Å²) in [5, 5.41) is 1.25. The number of pyridine rings is 1. The molecule has 174 valence electrons. The second kappa shape index (κ2) is 9.36. The second-order valence-corrected chi connectivity index (χ2v) is 9.95. The van der Waals surface area contributed by atoms with Crippen LogP contribution in [0.5, 0.6) is 5.75 Å². The largest absolute Gasteiger partial charge is 0.497 e. The maximum atomic E-state index is 13.9. The number of morpholine rings is 1. The van der Waals surface area contributed by atoms with Crippen LogP contribution in [0.2, 0.25) is 0 Å². The van der Waals surface area contributed by atoms with Crippen molar-refractivity contribution >= 4 is 32.4 Å². The number of carbonyl (C=O) groups excluding carboxylic acids is 1. The van der Waals surface area contributed by atoms with Gasteiger partial charge >= 0.3 is 0 Å². The van der Waals surface area contributed by atoms with Crippen molar-refractivity contribution in [1.82, 2.24) is 9.88 Å². The van der Waals surface area contributed by atoms with Crippen LogP contribution in [0.4, 0.5) is 5.69 Å². The van der Waals surface area contributed by atoms with Gasteiger partial charge in [0, 0.05) is 36.3 Å². The van der Waals surface area contributed by atoms with E-state index in [0.717, 1.165) is 4.31 Å². The third-order valence-corrected chi connectivity index (χ3v) is 7.45. The number of sulfonamides is 1. The molecule has 0 bridgehead atoms. The monoisotopic (exact) mass is 469 g/mol. The van der Waals surface area contributed by atoms with Crippen LogP contribution in [-0.2, 0) is 19.6 Å². The lowest BCUT2D eigenvalue weighted by Gasteiger charge is -2.36. The van der Waals surface area contributed by atoms with Gasteiger partial charge in [-0.25, -0.2) is 8.42 Å². The van der Waals surface area contributed by atoms with Crippen LogP contribution < -0.4 is 9.04 Å². The number of fused-ring (bicyclic) bond motifs is 1. The summed E-state index contributed by atoms with van der Waals surface area (Å²) in [6.45, 7) is 4.31. The number of methoxy groups -OCH3 is 1. The Hall–Kier alpha value is -3.17. The highest BCUT2D eigenvalue weighted by atomic mass is 32.2. The maximum Gasteiger partial charge on any atom is 0.265 e. The molecule has 0 N–H and O–H groups in total. The molecule has 1 aliphatic rings. The van der Waals surface area contributed by atoms with E-state index in [9.17, 15) is 13.2 Å². The number of rotatable bonds is 6. The van der Waals surface area contributed by atoms with Gasteiger partial charge in [0.25, 0.3) is 10.0 Å². The number of hydrogen-bond acceptors (Lipinski definition) is 6. The Morgan fingerprint density at radius 2 is 1.82 bits per heavy atom. The van der Waals surface area contributed by atoms with E-state index in [0.29, 0.717) is 35.3 Å². The normalized spacial score (nSPS) is 18.8. The third-order valence-electron chi connectivity index (χ3n) is 5.62. The Kier molecular flexibility index (Phi) is 6.53. The lowest BCUT2D eigenvalue weighted by Crippen LogP contribution is -2.51. The molecule has 8 nitrogen and oxygen atoms in total. The zero-order valence-corrected chi connectivity index (χ0v) is 19.7. The fourth-order valence-corrected chi connectivity index (χ4v) is 5.74. The molecule has 3 aromatic rings. The minimum absolute atomic E-state index is 0.116. The topological polar surface area (TPSA) is 89.0 Å². The quantitative estimate of drug-likeness (QED) is 0.551. The standard InChI is InChI=1S/C24H27N3O5S/c1-17-14-26(15-18(2)32-17)24(28)16-27(20-7-9-21(31-3)10-8-20)33(29,30)23-6-4-5-19-13-25-12-11-22(19)23/h4-13,17-18H,14-16H2,1-3H3. The van der Waals surface area contributed by atoms with Crippen molar-refractivity contribution in [2.75, 3.05) is 31.0 Å². The molecule has 2 aromatic carbocycles. The van der Waals surface area contributed by atoms with Crippen LogP contribution >= 0.6 is 0 Å². The van der Waals surface area contributed by atoms with Gasteiger partial charge in [-0.05, 0) is 50.2 Å². The predicted molar refractivity (Wildman–Crippen MR) is 126 cm³/mol. The fourth-order valence-electron chi connectivity index (χ4n) is 4.10. The molecule has 0 saturated carbocycles. The minimum Gasteiger partial charge on any atom is -0.497 e. The van der Waals surface area contributed by atoms with Crippen molar-refractivity contribution in [2.24, 2.45) is 0 Å². The molecule has 33 heavy (non-hydrogen) atoms. The molecule has 1 saturated heterocycles. The van der Waals surface area contributed by atoms with Gasteiger partial charge in [-0.15, -0.1) is 0 Å². The summed E-state index contributed by atoms with van der Waals surface area (Å²) in [5.74, 6) is 0.313. The van der Waals surface area contributed by atoms with Crippen LogP contribution in [-0.4, -0.2) is 63.2 Å². The van der Waals surface area contributed by atoms with E-state index in [1.807, 2.05) is 13.8 Å². The first kappa shape index (κ1) is 23.0. The summed E-state index contributed by atoms with van der Waals surface area (Å²) in [6.07, 6.45) is 2.94. The molecule has 0 radical (unpaired) electrons. The molecule has 4 rings (SSSR count). The molecule has 1 amide bonds. The van der Waals surface area contributed by atoms with Gasteiger partial charge < -0.3 is 14.4 Å². The van der Waals surface area contributed by atoms with Crippen molar-refractivity contribution in [3.05, 3.63) is 60.9 Å². The van der Waals surface area contributed by atoms with Gasteiger partial charge in [0.2, 0.25) is 5.91 Å². The summed E-state index contributed by atoms with van der Waals surface area (Å²) >= 11 is 0. The molecule has 0 spiro atoms. The first-order valence-electron chi connectivity index (χ1n) is 10.7. The number of aromatic nitrogens is 1. The van der Waals surface area contributed by atoms with E-state index >= 15 is 0 Å². The molecule has 1 aromatic heterocycles. The zero-order valence-electron chi connectivity index (χ0n) is 18.8. The van der Waals surface area contributed by atoms with Crippen LogP contribution in [0.25, 0.3) is 10.8 Å². The van der Waals surface area contributed by atoms with Gasteiger partial charge in [0.1, 0.15) is 12.3 Å². The Labute approximate surface area is 193 Å². The molecular weight excluding hydrogens is 442 g/mol. The van der Waals surface area contributed by atoms with Gasteiger partial charge in [0.15, 0.2) is 0 Å². The van der Waals surface area contributed by atoms with Crippen LogP contribution in [0.3, 0.4) is 0 Å². The number of benzene rings is 2. The maximum absolute atomic E-state index is 13.9. The lowest BCUT2D eigenvalue weighted by atomic mass is 10.2. The van der Waals surface area contributed by atoms with Gasteiger partial charge in [-0.3, -0.25) is 14.1 Å². The number of nitrogens with zero attached hydrogens (tertiary/aromatic N) is 3. The van der Waals surface area contributed by atoms with Crippen LogP contribution in [0, 0.1) is 0 Å².